The Hall–Kier alpha value is -1.04. The molecule has 0 saturated carbocycles. The number of rotatable bonds is 2. The first-order valence-electron chi connectivity index (χ1n) is 3.42. The summed E-state index contributed by atoms with van der Waals surface area (Å²) in [5, 5.41) is 6.92. The second-order valence-electron chi connectivity index (χ2n) is 2.36. The van der Waals surface area contributed by atoms with Crippen molar-refractivity contribution >= 4 is 9.84 Å². The Bertz CT molecular complexity index is 357. The van der Waals surface area contributed by atoms with Gasteiger partial charge in [-0.15, -0.1) is 5.10 Å². The highest BCUT2D eigenvalue weighted by Crippen LogP contribution is 1.98. The van der Waals surface area contributed by atoms with Crippen LogP contribution in [0.1, 0.15) is 12.6 Å². The minimum Gasteiger partial charge on any atom is -0.223 e. The van der Waals surface area contributed by atoms with E-state index in [4.69, 9.17) is 0 Å². The molecule has 0 aliphatic carbocycles. The topological polar surface area (TPSA) is 72.8 Å². The zero-order valence-electron chi connectivity index (χ0n) is 6.85. The number of hydrogen-bond acceptors (Lipinski definition) is 5. The fourth-order valence-corrected chi connectivity index (χ4v) is 1.05. The van der Waals surface area contributed by atoms with E-state index in [1.807, 2.05) is 6.92 Å². The third-order valence-electron chi connectivity index (χ3n) is 1.28. The third-order valence-corrected chi connectivity index (χ3v) is 2.13. The Morgan fingerprint density at radius 2 is 2.08 bits per heavy atom. The molecule has 0 atom stereocenters. The van der Waals surface area contributed by atoms with Gasteiger partial charge >= 0.3 is 0 Å². The fourth-order valence-electron chi connectivity index (χ4n) is 0.620. The summed E-state index contributed by atoms with van der Waals surface area (Å²) in [5.41, 5.74) is 0.683. The van der Waals surface area contributed by atoms with Gasteiger partial charge in [0.25, 0.3) is 5.16 Å². The molecule has 1 aromatic heterocycles. The van der Waals surface area contributed by atoms with Gasteiger partial charge in [0.15, 0.2) is 0 Å². The van der Waals surface area contributed by atoms with Crippen LogP contribution in [-0.2, 0) is 16.3 Å². The average molecular weight is 187 g/mol. The van der Waals surface area contributed by atoms with E-state index in [9.17, 15) is 8.42 Å². The molecule has 0 bridgehead atoms. The van der Waals surface area contributed by atoms with Gasteiger partial charge in [-0.3, -0.25) is 0 Å². The Morgan fingerprint density at radius 1 is 1.42 bits per heavy atom. The van der Waals surface area contributed by atoms with E-state index >= 15 is 0 Å². The molecule has 0 aliphatic heterocycles. The maximum Gasteiger partial charge on any atom is 0.267 e. The third kappa shape index (κ3) is 1.97. The Balaban J connectivity index is 3.09. The molecule has 0 fully saturated rings. The van der Waals surface area contributed by atoms with Gasteiger partial charge in [0.1, 0.15) is 0 Å². The van der Waals surface area contributed by atoms with Gasteiger partial charge in [0, 0.05) is 6.26 Å². The van der Waals surface area contributed by atoms with E-state index < -0.39 is 9.84 Å². The lowest BCUT2D eigenvalue weighted by atomic mass is 10.4. The molecule has 1 rings (SSSR count). The zero-order chi connectivity index (χ0) is 9.19. The summed E-state index contributed by atoms with van der Waals surface area (Å²) in [4.78, 5) is 3.66. The van der Waals surface area contributed by atoms with Crippen molar-refractivity contribution in [1.82, 2.24) is 15.2 Å². The normalized spacial score (nSPS) is 11.5. The van der Waals surface area contributed by atoms with Crippen LogP contribution in [0.3, 0.4) is 0 Å². The maximum atomic E-state index is 10.9. The molecule has 0 N–H and O–H groups in total. The van der Waals surface area contributed by atoms with Crippen molar-refractivity contribution in [1.29, 1.82) is 0 Å². The molecule has 0 saturated heterocycles. The first kappa shape index (κ1) is 9.05. The first-order chi connectivity index (χ1) is 5.54. The zero-order valence-corrected chi connectivity index (χ0v) is 7.67. The molecule has 0 aromatic carbocycles. The monoisotopic (exact) mass is 187 g/mol. The maximum absolute atomic E-state index is 10.9. The predicted octanol–water partition coefficient (Wildman–Crippen LogP) is -0.163. The smallest absolute Gasteiger partial charge is 0.223 e. The van der Waals surface area contributed by atoms with Crippen molar-refractivity contribution < 1.29 is 8.42 Å². The molecular formula is C6H9N3O2S. The largest absolute Gasteiger partial charge is 0.267 e. The van der Waals surface area contributed by atoms with E-state index in [0.717, 1.165) is 6.26 Å². The van der Waals surface area contributed by atoms with Crippen LogP contribution >= 0.6 is 0 Å². The highest BCUT2D eigenvalue weighted by atomic mass is 32.2. The molecule has 1 heterocycles. The molecule has 0 radical (unpaired) electrons. The first-order valence-corrected chi connectivity index (χ1v) is 5.32. The second-order valence-corrected chi connectivity index (χ2v) is 4.27. The number of hydrogen-bond donors (Lipinski definition) is 0. The van der Waals surface area contributed by atoms with Crippen molar-refractivity contribution in [3.63, 3.8) is 0 Å². The van der Waals surface area contributed by atoms with Crippen LogP contribution in [0.15, 0.2) is 11.4 Å². The SMILES string of the molecule is CCc1cnc(S(C)(=O)=O)nn1. The van der Waals surface area contributed by atoms with Crippen LogP contribution < -0.4 is 0 Å². The van der Waals surface area contributed by atoms with Crippen molar-refractivity contribution in [2.75, 3.05) is 6.26 Å². The van der Waals surface area contributed by atoms with Gasteiger partial charge in [-0.1, -0.05) is 6.92 Å². The van der Waals surface area contributed by atoms with E-state index in [2.05, 4.69) is 15.2 Å². The van der Waals surface area contributed by atoms with E-state index in [0.29, 0.717) is 12.1 Å². The number of aryl methyl sites for hydroxylation is 1. The molecular weight excluding hydrogens is 178 g/mol. The molecule has 0 amide bonds. The Labute approximate surface area is 70.8 Å². The van der Waals surface area contributed by atoms with Crippen molar-refractivity contribution in [2.45, 2.75) is 18.5 Å². The Morgan fingerprint density at radius 3 is 2.42 bits per heavy atom. The van der Waals surface area contributed by atoms with Crippen LogP contribution in [0, 0.1) is 0 Å². The lowest BCUT2D eigenvalue weighted by Crippen LogP contribution is -2.06. The predicted molar refractivity (Wildman–Crippen MR) is 42.3 cm³/mol. The van der Waals surface area contributed by atoms with Gasteiger partial charge in [-0.2, -0.15) is 5.10 Å². The molecule has 0 spiro atoms. The summed E-state index contributed by atoms with van der Waals surface area (Å²) in [7, 11) is -3.31. The minimum absolute atomic E-state index is 0.222. The number of sulfone groups is 1. The minimum atomic E-state index is -3.31. The summed E-state index contributed by atoms with van der Waals surface area (Å²) < 4.78 is 21.7. The van der Waals surface area contributed by atoms with Crippen LogP contribution in [0.4, 0.5) is 0 Å². The lowest BCUT2D eigenvalue weighted by Gasteiger charge is -1.95. The van der Waals surface area contributed by atoms with E-state index in [-0.39, 0.29) is 5.16 Å². The van der Waals surface area contributed by atoms with Crippen LogP contribution in [0.5, 0.6) is 0 Å². The second kappa shape index (κ2) is 3.14. The summed E-state index contributed by atoms with van der Waals surface area (Å²) in [5.74, 6) is 0. The van der Waals surface area contributed by atoms with Gasteiger partial charge in [0.2, 0.25) is 9.84 Å². The molecule has 0 aliphatic rings. The molecule has 6 heteroatoms. The summed E-state index contributed by atoms with van der Waals surface area (Å²) in [6.45, 7) is 1.89. The van der Waals surface area contributed by atoms with E-state index in [1.165, 1.54) is 6.20 Å². The van der Waals surface area contributed by atoms with Gasteiger partial charge in [-0.05, 0) is 6.42 Å². The summed E-state index contributed by atoms with van der Waals surface area (Å²) >= 11 is 0. The molecule has 12 heavy (non-hydrogen) atoms. The highest BCUT2D eigenvalue weighted by Gasteiger charge is 2.10. The van der Waals surface area contributed by atoms with Crippen LogP contribution in [0.25, 0.3) is 0 Å². The summed E-state index contributed by atoms with van der Waals surface area (Å²) in [6.07, 6.45) is 3.17. The van der Waals surface area contributed by atoms with Gasteiger partial charge in [-0.25, -0.2) is 13.4 Å². The van der Waals surface area contributed by atoms with Crippen LogP contribution in [0.2, 0.25) is 0 Å². The Kier molecular flexibility index (Phi) is 2.37. The fraction of sp³-hybridized carbons (Fsp3) is 0.500. The molecule has 5 nitrogen and oxygen atoms in total. The van der Waals surface area contributed by atoms with Crippen molar-refractivity contribution in [2.24, 2.45) is 0 Å². The standard InChI is InChI=1S/C6H9N3O2S/c1-3-5-4-7-6(9-8-5)12(2,10)11/h4H,3H2,1-2H3. The number of nitrogens with zero attached hydrogens (tertiary/aromatic N) is 3. The van der Waals surface area contributed by atoms with Crippen molar-refractivity contribution in [3.05, 3.63) is 11.9 Å². The van der Waals surface area contributed by atoms with Gasteiger partial charge in [0.05, 0.1) is 11.9 Å². The highest BCUT2D eigenvalue weighted by molar-refractivity contribution is 7.90. The molecule has 0 unspecified atom stereocenters. The molecule has 66 valence electrons. The number of aromatic nitrogens is 3. The quantitative estimate of drug-likeness (QED) is 0.643. The summed E-state index contributed by atoms with van der Waals surface area (Å²) in [6, 6.07) is 0. The average Bonchev–Trinajstić information content (AvgIpc) is 2.03. The lowest BCUT2D eigenvalue weighted by molar-refractivity contribution is 0.587. The van der Waals surface area contributed by atoms with E-state index in [1.54, 1.807) is 0 Å². The molecule has 1 aromatic rings. The van der Waals surface area contributed by atoms with Crippen LogP contribution in [-0.4, -0.2) is 29.9 Å². The van der Waals surface area contributed by atoms with Gasteiger partial charge < -0.3 is 0 Å². The van der Waals surface area contributed by atoms with Crippen molar-refractivity contribution in [3.8, 4) is 0 Å².